The van der Waals surface area contributed by atoms with E-state index in [1.807, 2.05) is 43.0 Å². The Labute approximate surface area is 177 Å². The summed E-state index contributed by atoms with van der Waals surface area (Å²) in [5.74, 6) is 0.481. The Bertz CT molecular complexity index is 849. The average Bonchev–Trinajstić information content (AvgIpc) is 2.65. The van der Waals surface area contributed by atoms with Gasteiger partial charge >= 0.3 is 0 Å². The molecule has 0 bridgehead atoms. The molecule has 2 atom stereocenters. The van der Waals surface area contributed by atoms with Gasteiger partial charge in [-0.15, -0.1) is 0 Å². The maximum atomic E-state index is 13.1. The van der Waals surface area contributed by atoms with Gasteiger partial charge in [0.1, 0.15) is 11.6 Å². The Hall–Kier alpha value is -2.11. The van der Waals surface area contributed by atoms with E-state index in [-0.39, 0.29) is 30.4 Å². The van der Waals surface area contributed by atoms with Crippen molar-refractivity contribution in [2.75, 3.05) is 19.7 Å². The van der Waals surface area contributed by atoms with Gasteiger partial charge in [0.05, 0.1) is 0 Å². The minimum absolute atomic E-state index is 0.0122. The number of nitrogens with zero attached hydrogens (tertiary/aromatic N) is 2. The number of rotatable bonds is 5. The van der Waals surface area contributed by atoms with E-state index in [0.717, 1.165) is 35.5 Å². The number of hydrogen-bond donors (Lipinski definition) is 0. The molecule has 0 spiro atoms. The van der Waals surface area contributed by atoms with Gasteiger partial charge in [-0.2, -0.15) is 0 Å². The molecular formula is C23H28ClFN2O2. The Morgan fingerprint density at radius 2 is 1.72 bits per heavy atom. The lowest BCUT2D eigenvalue weighted by Crippen LogP contribution is -2.58. The molecule has 0 N–H and O–H groups in total. The lowest BCUT2D eigenvalue weighted by atomic mass is 10.1. The molecule has 2 aromatic rings. The van der Waals surface area contributed by atoms with Gasteiger partial charge < -0.3 is 9.64 Å². The van der Waals surface area contributed by atoms with E-state index in [2.05, 4.69) is 18.7 Å². The molecule has 3 rings (SSSR count). The van der Waals surface area contributed by atoms with Crippen LogP contribution in [0.25, 0.3) is 0 Å². The predicted molar refractivity (Wildman–Crippen MR) is 114 cm³/mol. The molecule has 4 nitrogen and oxygen atoms in total. The fraction of sp³-hybridized carbons (Fsp3) is 0.435. The van der Waals surface area contributed by atoms with Crippen molar-refractivity contribution in [3.63, 3.8) is 0 Å². The number of ether oxygens (including phenoxy) is 1. The fourth-order valence-corrected chi connectivity index (χ4v) is 4.26. The van der Waals surface area contributed by atoms with E-state index in [1.165, 1.54) is 12.1 Å². The lowest BCUT2D eigenvalue weighted by molar-refractivity contribution is -0.139. The molecule has 1 amide bonds. The molecule has 0 unspecified atom stereocenters. The van der Waals surface area contributed by atoms with Crippen LogP contribution in [0.5, 0.6) is 5.75 Å². The van der Waals surface area contributed by atoms with Gasteiger partial charge in [0, 0.05) is 36.7 Å². The van der Waals surface area contributed by atoms with Crippen LogP contribution in [-0.2, 0) is 11.3 Å². The van der Waals surface area contributed by atoms with Crippen molar-refractivity contribution in [1.29, 1.82) is 0 Å². The lowest BCUT2D eigenvalue weighted by Gasteiger charge is -2.44. The van der Waals surface area contributed by atoms with Crippen molar-refractivity contribution in [2.24, 2.45) is 0 Å². The first kappa shape index (κ1) is 21.6. The van der Waals surface area contributed by atoms with Crippen molar-refractivity contribution >= 4 is 17.5 Å². The van der Waals surface area contributed by atoms with Crippen LogP contribution in [0.15, 0.2) is 36.4 Å². The van der Waals surface area contributed by atoms with Gasteiger partial charge in [-0.05, 0) is 68.7 Å². The summed E-state index contributed by atoms with van der Waals surface area (Å²) in [6, 6.07) is 10.6. The smallest absolute Gasteiger partial charge is 0.260 e. The van der Waals surface area contributed by atoms with E-state index in [4.69, 9.17) is 16.3 Å². The Morgan fingerprint density at radius 3 is 2.34 bits per heavy atom. The highest BCUT2D eigenvalue weighted by Crippen LogP contribution is 2.27. The topological polar surface area (TPSA) is 32.8 Å². The van der Waals surface area contributed by atoms with Crippen LogP contribution in [0.4, 0.5) is 4.39 Å². The van der Waals surface area contributed by atoms with Crippen molar-refractivity contribution in [3.05, 3.63) is 63.9 Å². The molecule has 1 aliphatic rings. The standard InChI is InChI=1S/C23H28ClFN2O2/c1-15-9-20(24)10-16(2)23(15)29-14-22(28)27-12-17(3)26(11-18(27)4)13-19-5-7-21(25)8-6-19/h5-10,17-18H,11-14H2,1-4H3/t17-,18+/m1/s1. The maximum absolute atomic E-state index is 13.1. The summed E-state index contributed by atoms with van der Waals surface area (Å²) in [5.41, 5.74) is 2.92. The maximum Gasteiger partial charge on any atom is 0.260 e. The summed E-state index contributed by atoms with van der Waals surface area (Å²) in [6.07, 6.45) is 0. The summed E-state index contributed by atoms with van der Waals surface area (Å²) in [7, 11) is 0. The Kier molecular flexibility index (Phi) is 6.81. The third kappa shape index (κ3) is 5.28. The van der Waals surface area contributed by atoms with E-state index >= 15 is 0 Å². The van der Waals surface area contributed by atoms with Crippen LogP contribution >= 0.6 is 11.6 Å². The number of aryl methyl sites for hydroxylation is 2. The van der Waals surface area contributed by atoms with Crippen molar-refractivity contribution in [2.45, 2.75) is 46.3 Å². The summed E-state index contributed by atoms with van der Waals surface area (Å²) in [4.78, 5) is 17.1. The normalized spacial score (nSPS) is 20.0. The average molecular weight is 419 g/mol. The number of halogens is 2. The van der Waals surface area contributed by atoms with Crippen LogP contribution in [0.1, 0.15) is 30.5 Å². The molecule has 1 fully saturated rings. The molecule has 6 heteroatoms. The zero-order chi connectivity index (χ0) is 21.1. The minimum Gasteiger partial charge on any atom is -0.483 e. The second-order valence-electron chi connectivity index (χ2n) is 7.96. The SMILES string of the molecule is Cc1cc(Cl)cc(C)c1OCC(=O)N1C[C@@H](C)N(Cc2ccc(F)cc2)C[C@@H]1C. The number of piperazine rings is 1. The quantitative estimate of drug-likeness (QED) is 0.711. The van der Waals surface area contributed by atoms with Crippen molar-refractivity contribution < 1.29 is 13.9 Å². The largest absolute Gasteiger partial charge is 0.483 e. The summed E-state index contributed by atoms with van der Waals surface area (Å²) in [5, 5.41) is 0.665. The number of carbonyl (C=O) groups excluding carboxylic acids is 1. The molecule has 156 valence electrons. The third-order valence-corrected chi connectivity index (χ3v) is 5.72. The molecule has 0 aromatic heterocycles. The molecule has 2 aromatic carbocycles. The van der Waals surface area contributed by atoms with Gasteiger partial charge in [0.15, 0.2) is 6.61 Å². The minimum atomic E-state index is -0.225. The number of amides is 1. The highest BCUT2D eigenvalue weighted by Gasteiger charge is 2.32. The Morgan fingerprint density at radius 1 is 1.10 bits per heavy atom. The third-order valence-electron chi connectivity index (χ3n) is 5.50. The summed E-state index contributed by atoms with van der Waals surface area (Å²) >= 11 is 6.07. The van der Waals surface area contributed by atoms with Gasteiger partial charge in [0.25, 0.3) is 5.91 Å². The predicted octanol–water partition coefficient (Wildman–Crippen LogP) is 4.60. The first-order valence-corrected chi connectivity index (χ1v) is 10.3. The molecule has 0 radical (unpaired) electrons. The second-order valence-corrected chi connectivity index (χ2v) is 8.39. The number of hydrogen-bond acceptors (Lipinski definition) is 3. The first-order chi connectivity index (χ1) is 13.7. The highest BCUT2D eigenvalue weighted by molar-refractivity contribution is 6.30. The molecule has 1 aliphatic heterocycles. The molecule has 29 heavy (non-hydrogen) atoms. The van der Waals surface area contributed by atoms with Crippen LogP contribution < -0.4 is 4.74 Å². The van der Waals surface area contributed by atoms with Crippen molar-refractivity contribution in [3.8, 4) is 5.75 Å². The molecular weight excluding hydrogens is 391 g/mol. The van der Waals surface area contributed by atoms with Gasteiger partial charge in [-0.25, -0.2) is 4.39 Å². The van der Waals surface area contributed by atoms with E-state index in [9.17, 15) is 9.18 Å². The summed E-state index contributed by atoms with van der Waals surface area (Å²) < 4.78 is 19.0. The monoisotopic (exact) mass is 418 g/mol. The van der Waals surface area contributed by atoms with Gasteiger partial charge in [0.2, 0.25) is 0 Å². The number of carbonyl (C=O) groups is 1. The molecule has 0 aliphatic carbocycles. The fourth-order valence-electron chi connectivity index (χ4n) is 3.93. The van der Waals surface area contributed by atoms with Crippen LogP contribution in [0.3, 0.4) is 0 Å². The van der Waals surface area contributed by atoms with E-state index < -0.39 is 0 Å². The molecule has 1 heterocycles. The molecule has 0 saturated carbocycles. The highest BCUT2D eigenvalue weighted by atomic mass is 35.5. The number of benzene rings is 2. The molecule has 1 saturated heterocycles. The van der Waals surface area contributed by atoms with Crippen LogP contribution in [-0.4, -0.2) is 47.5 Å². The van der Waals surface area contributed by atoms with Gasteiger partial charge in [-0.3, -0.25) is 9.69 Å². The van der Waals surface area contributed by atoms with Crippen LogP contribution in [0, 0.1) is 19.7 Å². The zero-order valence-corrected chi connectivity index (χ0v) is 18.2. The summed E-state index contributed by atoms with van der Waals surface area (Å²) in [6.45, 7) is 10.2. The van der Waals surface area contributed by atoms with E-state index in [0.29, 0.717) is 11.6 Å². The first-order valence-electron chi connectivity index (χ1n) is 9.92. The van der Waals surface area contributed by atoms with Crippen LogP contribution in [0.2, 0.25) is 5.02 Å². The van der Waals surface area contributed by atoms with E-state index in [1.54, 1.807) is 0 Å². The second kappa shape index (κ2) is 9.14. The zero-order valence-electron chi connectivity index (χ0n) is 17.4. The van der Waals surface area contributed by atoms with Crippen molar-refractivity contribution in [1.82, 2.24) is 9.80 Å². The Balaban J connectivity index is 1.59. The van der Waals surface area contributed by atoms with Gasteiger partial charge in [-0.1, -0.05) is 23.7 Å².